The Bertz CT molecular complexity index is 1270. The van der Waals surface area contributed by atoms with Gasteiger partial charge in [-0.15, -0.1) is 0 Å². The molecular formula is C23H15ClF6N4O. The number of rotatable bonds is 6. The first-order chi connectivity index (χ1) is 16.3. The highest BCUT2D eigenvalue weighted by Crippen LogP contribution is 2.29. The highest BCUT2D eigenvalue weighted by Gasteiger charge is 2.35. The Morgan fingerprint density at radius 1 is 0.914 bits per heavy atom. The van der Waals surface area contributed by atoms with Gasteiger partial charge in [-0.25, -0.2) is 4.98 Å². The van der Waals surface area contributed by atoms with E-state index in [0.717, 1.165) is 12.1 Å². The van der Waals surface area contributed by atoms with Gasteiger partial charge in [0.25, 0.3) is 5.91 Å². The van der Waals surface area contributed by atoms with Gasteiger partial charge >= 0.3 is 12.4 Å². The van der Waals surface area contributed by atoms with Gasteiger partial charge in [0.1, 0.15) is 17.2 Å². The fourth-order valence-corrected chi connectivity index (χ4v) is 3.00. The summed E-state index contributed by atoms with van der Waals surface area (Å²) in [6, 6.07) is 14.4. The van der Waals surface area contributed by atoms with Crippen molar-refractivity contribution in [1.82, 2.24) is 4.98 Å². The highest BCUT2D eigenvalue weighted by atomic mass is 35.5. The largest absolute Gasteiger partial charge is 0.433 e. The molecule has 0 aliphatic rings. The zero-order valence-electron chi connectivity index (χ0n) is 17.5. The summed E-state index contributed by atoms with van der Waals surface area (Å²) >= 11 is 6.05. The van der Waals surface area contributed by atoms with Gasteiger partial charge in [0, 0.05) is 12.0 Å². The quantitative estimate of drug-likeness (QED) is 0.273. The minimum absolute atomic E-state index is 0.0101. The van der Waals surface area contributed by atoms with Crippen LogP contribution in [0.3, 0.4) is 0 Å². The smallest absolute Gasteiger partial charge is 0.307 e. The summed E-state index contributed by atoms with van der Waals surface area (Å²) in [6.07, 6.45) is -10.4. The van der Waals surface area contributed by atoms with E-state index in [1.807, 2.05) is 0 Å². The number of benzene rings is 2. The number of amides is 1. The van der Waals surface area contributed by atoms with Crippen molar-refractivity contribution < 1.29 is 31.1 Å². The van der Waals surface area contributed by atoms with Gasteiger partial charge in [0.15, 0.2) is 0 Å². The normalized spacial score (nSPS) is 12.4. The number of carbonyl (C=O) groups is 1. The molecule has 0 bridgehead atoms. The minimum atomic E-state index is -4.86. The lowest BCUT2D eigenvalue weighted by atomic mass is 10.0. The number of hydrogen-bond acceptors (Lipinski definition) is 4. The third-order valence-electron chi connectivity index (χ3n) is 4.56. The molecule has 35 heavy (non-hydrogen) atoms. The predicted octanol–water partition coefficient (Wildman–Crippen LogP) is 7.10. The SMILES string of the molecule is N=C(CC(=Nc1ccccc1Cl)c1ccc(C(=O)Nc2cccc(C(F)(F)F)n2)cc1)C(F)(F)F. The summed E-state index contributed by atoms with van der Waals surface area (Å²) < 4.78 is 77.4. The van der Waals surface area contributed by atoms with E-state index in [0.29, 0.717) is 0 Å². The van der Waals surface area contributed by atoms with Crippen LogP contribution in [0.15, 0.2) is 71.7 Å². The van der Waals surface area contributed by atoms with Gasteiger partial charge in [-0.1, -0.05) is 41.9 Å². The van der Waals surface area contributed by atoms with Gasteiger partial charge in [-0.2, -0.15) is 26.3 Å². The van der Waals surface area contributed by atoms with E-state index in [9.17, 15) is 31.1 Å². The molecule has 0 saturated heterocycles. The third-order valence-corrected chi connectivity index (χ3v) is 4.88. The first-order valence-corrected chi connectivity index (χ1v) is 10.1. The molecule has 0 spiro atoms. The van der Waals surface area contributed by atoms with Gasteiger partial charge in [0.05, 0.1) is 16.4 Å². The molecule has 5 nitrogen and oxygen atoms in total. The van der Waals surface area contributed by atoms with Crippen molar-refractivity contribution in [2.24, 2.45) is 4.99 Å². The molecule has 182 valence electrons. The second-order valence-corrected chi connectivity index (χ2v) is 7.51. The summed E-state index contributed by atoms with van der Waals surface area (Å²) in [5.41, 5.74) is -2.44. The number of nitrogens with one attached hydrogen (secondary N) is 2. The van der Waals surface area contributed by atoms with Crippen molar-refractivity contribution in [2.75, 3.05) is 5.32 Å². The molecule has 0 saturated carbocycles. The number of para-hydroxylation sites is 1. The molecule has 1 amide bonds. The van der Waals surface area contributed by atoms with Crippen LogP contribution in [0.5, 0.6) is 0 Å². The number of pyridine rings is 1. The van der Waals surface area contributed by atoms with E-state index in [1.165, 1.54) is 42.5 Å². The second kappa shape index (κ2) is 10.3. The van der Waals surface area contributed by atoms with Crippen LogP contribution in [-0.2, 0) is 6.18 Å². The van der Waals surface area contributed by atoms with E-state index in [4.69, 9.17) is 17.0 Å². The maximum atomic E-state index is 13.0. The number of aromatic nitrogens is 1. The predicted molar refractivity (Wildman–Crippen MR) is 120 cm³/mol. The molecule has 0 radical (unpaired) electrons. The van der Waals surface area contributed by atoms with Crippen molar-refractivity contribution in [1.29, 1.82) is 5.41 Å². The Hall–Kier alpha value is -3.73. The van der Waals surface area contributed by atoms with E-state index in [-0.39, 0.29) is 33.4 Å². The number of aliphatic imine (C=N–C) groups is 1. The average molecular weight is 513 g/mol. The van der Waals surface area contributed by atoms with Gasteiger partial charge in [-0.05, 0) is 42.0 Å². The van der Waals surface area contributed by atoms with E-state index in [1.54, 1.807) is 12.1 Å². The highest BCUT2D eigenvalue weighted by molar-refractivity contribution is 6.33. The molecule has 0 unspecified atom stereocenters. The van der Waals surface area contributed by atoms with Crippen molar-refractivity contribution in [2.45, 2.75) is 18.8 Å². The molecular weight excluding hydrogens is 498 g/mol. The lowest BCUT2D eigenvalue weighted by Crippen LogP contribution is -2.25. The molecule has 0 aliphatic carbocycles. The van der Waals surface area contributed by atoms with Crippen molar-refractivity contribution in [3.8, 4) is 0 Å². The molecule has 0 atom stereocenters. The Morgan fingerprint density at radius 2 is 1.54 bits per heavy atom. The zero-order chi connectivity index (χ0) is 25.8. The summed E-state index contributed by atoms with van der Waals surface area (Å²) in [7, 11) is 0. The maximum Gasteiger partial charge on any atom is 0.433 e. The van der Waals surface area contributed by atoms with Gasteiger partial charge in [-0.3, -0.25) is 9.79 Å². The van der Waals surface area contributed by atoms with Gasteiger partial charge in [0.2, 0.25) is 0 Å². The number of halogens is 7. The average Bonchev–Trinajstić information content (AvgIpc) is 2.79. The monoisotopic (exact) mass is 512 g/mol. The van der Waals surface area contributed by atoms with Crippen LogP contribution in [0.2, 0.25) is 5.02 Å². The first kappa shape index (κ1) is 25.9. The standard InChI is InChI=1S/C23H15ClF6N4O/c24-15-4-1-2-5-16(15)32-17(12-18(31)22(25,26)27)13-8-10-14(11-9-13)21(35)34-20-7-3-6-19(33-20)23(28,29)30/h1-11,31H,12H2,(H,33,34,35). The van der Waals surface area contributed by atoms with Crippen LogP contribution in [0, 0.1) is 5.41 Å². The third kappa shape index (κ3) is 6.89. The fraction of sp³-hybridized carbons (Fsp3) is 0.130. The number of hydrogen-bond donors (Lipinski definition) is 2. The number of anilines is 1. The Balaban J connectivity index is 1.87. The number of nitrogens with zero attached hydrogens (tertiary/aromatic N) is 2. The van der Waals surface area contributed by atoms with Crippen LogP contribution in [0.4, 0.5) is 37.8 Å². The lowest BCUT2D eigenvalue weighted by molar-refractivity contribution is -0.141. The van der Waals surface area contributed by atoms with Crippen LogP contribution in [0.1, 0.15) is 28.0 Å². The molecule has 0 fully saturated rings. The van der Waals surface area contributed by atoms with Crippen LogP contribution in [-0.4, -0.2) is 28.5 Å². The topological polar surface area (TPSA) is 78.2 Å². The Labute approximate surface area is 200 Å². The summed E-state index contributed by atoms with van der Waals surface area (Å²) in [4.78, 5) is 20.0. The minimum Gasteiger partial charge on any atom is -0.307 e. The molecule has 12 heteroatoms. The van der Waals surface area contributed by atoms with Gasteiger partial charge < -0.3 is 10.7 Å². The van der Waals surface area contributed by atoms with E-state index < -0.39 is 36.1 Å². The van der Waals surface area contributed by atoms with Crippen molar-refractivity contribution >= 4 is 40.4 Å². The Morgan fingerprint density at radius 3 is 2.14 bits per heavy atom. The summed E-state index contributed by atoms with van der Waals surface area (Å²) in [6.45, 7) is 0. The Kier molecular flexibility index (Phi) is 7.59. The van der Waals surface area contributed by atoms with Crippen LogP contribution < -0.4 is 5.32 Å². The second-order valence-electron chi connectivity index (χ2n) is 7.10. The van der Waals surface area contributed by atoms with E-state index in [2.05, 4.69) is 15.3 Å². The maximum absolute atomic E-state index is 13.0. The summed E-state index contributed by atoms with van der Waals surface area (Å²) in [5, 5.41) is 9.77. The molecule has 0 aliphatic heterocycles. The molecule has 2 aromatic carbocycles. The van der Waals surface area contributed by atoms with Crippen LogP contribution in [0.25, 0.3) is 0 Å². The number of carbonyl (C=O) groups excluding carboxylic acids is 1. The lowest BCUT2D eigenvalue weighted by Gasteiger charge is -2.12. The summed E-state index contributed by atoms with van der Waals surface area (Å²) in [5.74, 6) is -1.11. The van der Waals surface area contributed by atoms with Crippen molar-refractivity contribution in [3.63, 3.8) is 0 Å². The van der Waals surface area contributed by atoms with E-state index >= 15 is 0 Å². The molecule has 3 rings (SSSR count). The molecule has 1 heterocycles. The molecule has 2 N–H and O–H groups in total. The first-order valence-electron chi connectivity index (χ1n) is 9.77. The van der Waals surface area contributed by atoms with Crippen LogP contribution >= 0.6 is 11.6 Å². The fourth-order valence-electron chi connectivity index (χ4n) is 2.83. The number of alkyl halides is 6. The van der Waals surface area contributed by atoms with Crippen molar-refractivity contribution in [3.05, 3.63) is 88.6 Å². The molecule has 1 aromatic heterocycles. The zero-order valence-corrected chi connectivity index (χ0v) is 18.3. The molecule has 3 aromatic rings.